The lowest BCUT2D eigenvalue weighted by atomic mass is 9.84. The fourth-order valence-corrected chi connectivity index (χ4v) is 1.81. The van der Waals surface area contributed by atoms with Crippen LogP contribution in [0.5, 0.6) is 0 Å². The van der Waals surface area contributed by atoms with Gasteiger partial charge in [0, 0.05) is 19.3 Å². The molecule has 1 unspecified atom stereocenters. The van der Waals surface area contributed by atoms with E-state index in [2.05, 4.69) is 36.4 Å². The number of aromatic nitrogens is 3. The quantitative estimate of drug-likeness (QED) is 0.816. The monoisotopic (exact) mass is 210 g/mol. The zero-order valence-corrected chi connectivity index (χ0v) is 10.4. The number of nitrogens with one attached hydrogen (secondary N) is 1. The minimum atomic E-state index is 0.289. The Morgan fingerprint density at radius 3 is 2.53 bits per heavy atom. The van der Waals surface area contributed by atoms with E-state index < -0.39 is 0 Å². The van der Waals surface area contributed by atoms with Gasteiger partial charge in [0.05, 0.1) is 5.69 Å². The SMILES string of the molecule is CNC(CCc1cn(C)nn1)C(C)(C)C. The largest absolute Gasteiger partial charge is 0.316 e. The molecular formula is C11H22N4. The second-order valence-corrected chi connectivity index (χ2v) is 5.13. The van der Waals surface area contributed by atoms with Gasteiger partial charge in [0.2, 0.25) is 0 Å². The molecule has 0 aromatic carbocycles. The maximum absolute atomic E-state index is 4.09. The Kier molecular flexibility index (Phi) is 3.85. The van der Waals surface area contributed by atoms with E-state index >= 15 is 0 Å². The van der Waals surface area contributed by atoms with Gasteiger partial charge in [-0.2, -0.15) is 0 Å². The molecule has 0 fully saturated rings. The first-order valence-electron chi connectivity index (χ1n) is 5.46. The van der Waals surface area contributed by atoms with Gasteiger partial charge in [0.15, 0.2) is 0 Å². The van der Waals surface area contributed by atoms with E-state index in [9.17, 15) is 0 Å². The molecule has 1 rings (SSSR count). The minimum Gasteiger partial charge on any atom is -0.316 e. The Hall–Kier alpha value is -0.900. The molecule has 0 aliphatic heterocycles. The van der Waals surface area contributed by atoms with Gasteiger partial charge < -0.3 is 5.32 Å². The Labute approximate surface area is 92.1 Å². The van der Waals surface area contributed by atoms with Crippen LogP contribution in [0.15, 0.2) is 6.20 Å². The van der Waals surface area contributed by atoms with Crippen LogP contribution >= 0.6 is 0 Å². The van der Waals surface area contributed by atoms with Gasteiger partial charge in [-0.1, -0.05) is 26.0 Å². The van der Waals surface area contributed by atoms with Crippen LogP contribution in [0.1, 0.15) is 32.9 Å². The zero-order valence-electron chi connectivity index (χ0n) is 10.4. The molecule has 4 nitrogen and oxygen atoms in total. The molecule has 4 heteroatoms. The van der Waals surface area contributed by atoms with Gasteiger partial charge in [-0.05, 0) is 25.3 Å². The molecule has 0 saturated heterocycles. The predicted molar refractivity (Wildman–Crippen MR) is 61.6 cm³/mol. The van der Waals surface area contributed by atoms with Crippen LogP contribution in [0.4, 0.5) is 0 Å². The second-order valence-electron chi connectivity index (χ2n) is 5.13. The van der Waals surface area contributed by atoms with Crippen LogP contribution in [-0.2, 0) is 13.5 Å². The van der Waals surface area contributed by atoms with Crippen molar-refractivity contribution in [2.75, 3.05) is 7.05 Å². The molecule has 1 aromatic heterocycles. The third kappa shape index (κ3) is 3.63. The smallest absolute Gasteiger partial charge is 0.0827 e. The summed E-state index contributed by atoms with van der Waals surface area (Å²) in [5.74, 6) is 0. The van der Waals surface area contributed by atoms with Crippen molar-refractivity contribution in [3.63, 3.8) is 0 Å². The van der Waals surface area contributed by atoms with Crippen LogP contribution in [0.2, 0.25) is 0 Å². The summed E-state index contributed by atoms with van der Waals surface area (Å²) in [6.45, 7) is 6.76. The van der Waals surface area contributed by atoms with Gasteiger partial charge in [-0.3, -0.25) is 4.68 Å². The number of aryl methyl sites for hydroxylation is 2. The van der Waals surface area contributed by atoms with Crippen LogP contribution in [0.3, 0.4) is 0 Å². The molecule has 0 bridgehead atoms. The molecule has 0 amide bonds. The number of hydrogen-bond donors (Lipinski definition) is 1. The average Bonchev–Trinajstić information content (AvgIpc) is 2.50. The topological polar surface area (TPSA) is 42.7 Å². The van der Waals surface area contributed by atoms with Gasteiger partial charge in [-0.15, -0.1) is 5.10 Å². The van der Waals surface area contributed by atoms with Gasteiger partial charge in [0.25, 0.3) is 0 Å². The van der Waals surface area contributed by atoms with Crippen LogP contribution in [-0.4, -0.2) is 28.1 Å². The van der Waals surface area contributed by atoms with E-state index in [0.717, 1.165) is 18.5 Å². The van der Waals surface area contributed by atoms with Crippen LogP contribution in [0, 0.1) is 5.41 Å². The molecule has 0 aliphatic carbocycles. The van der Waals surface area contributed by atoms with Crippen molar-refractivity contribution in [3.8, 4) is 0 Å². The summed E-state index contributed by atoms with van der Waals surface area (Å²) in [5, 5.41) is 11.4. The Balaban J connectivity index is 2.48. The summed E-state index contributed by atoms with van der Waals surface area (Å²) in [4.78, 5) is 0. The Bertz CT molecular complexity index is 298. The van der Waals surface area contributed by atoms with Crippen molar-refractivity contribution in [2.45, 2.75) is 39.7 Å². The summed E-state index contributed by atoms with van der Waals surface area (Å²) in [5.41, 5.74) is 1.36. The lowest BCUT2D eigenvalue weighted by Crippen LogP contribution is -2.38. The summed E-state index contributed by atoms with van der Waals surface area (Å²) < 4.78 is 1.75. The number of rotatable bonds is 4. The summed E-state index contributed by atoms with van der Waals surface area (Å²) in [6.07, 6.45) is 4.06. The van der Waals surface area contributed by atoms with E-state index in [0.29, 0.717) is 6.04 Å². The van der Waals surface area contributed by atoms with E-state index in [4.69, 9.17) is 0 Å². The zero-order chi connectivity index (χ0) is 11.5. The number of nitrogens with zero attached hydrogens (tertiary/aromatic N) is 3. The van der Waals surface area contributed by atoms with Crippen LogP contribution in [0.25, 0.3) is 0 Å². The molecule has 1 atom stereocenters. The maximum atomic E-state index is 4.09. The molecule has 1 heterocycles. The highest BCUT2D eigenvalue weighted by Gasteiger charge is 2.22. The van der Waals surface area contributed by atoms with E-state index in [1.54, 1.807) is 4.68 Å². The summed E-state index contributed by atoms with van der Waals surface area (Å²) >= 11 is 0. The minimum absolute atomic E-state index is 0.289. The molecule has 0 saturated carbocycles. The van der Waals surface area contributed by atoms with Crippen molar-refractivity contribution in [3.05, 3.63) is 11.9 Å². The molecule has 86 valence electrons. The first-order chi connectivity index (χ1) is 6.93. The first kappa shape index (κ1) is 12.2. The average molecular weight is 210 g/mol. The van der Waals surface area contributed by atoms with Crippen molar-refractivity contribution >= 4 is 0 Å². The third-order valence-corrected chi connectivity index (χ3v) is 2.73. The lowest BCUT2D eigenvalue weighted by molar-refractivity contribution is 0.267. The van der Waals surface area contributed by atoms with Crippen molar-refractivity contribution in [1.29, 1.82) is 0 Å². The molecule has 0 spiro atoms. The standard InChI is InChI=1S/C11H22N4/c1-11(2,3)10(12-4)7-6-9-8-15(5)14-13-9/h8,10,12H,6-7H2,1-5H3. The maximum Gasteiger partial charge on any atom is 0.0827 e. The molecule has 15 heavy (non-hydrogen) atoms. The first-order valence-corrected chi connectivity index (χ1v) is 5.46. The van der Waals surface area contributed by atoms with Gasteiger partial charge >= 0.3 is 0 Å². The Morgan fingerprint density at radius 1 is 1.47 bits per heavy atom. The molecule has 1 aromatic rings. The second kappa shape index (κ2) is 4.75. The molecular weight excluding hydrogens is 188 g/mol. The van der Waals surface area contributed by atoms with Crippen molar-refractivity contribution in [1.82, 2.24) is 20.3 Å². The molecule has 0 aliphatic rings. The summed E-state index contributed by atoms with van der Waals surface area (Å²) in [7, 11) is 3.92. The summed E-state index contributed by atoms with van der Waals surface area (Å²) in [6, 6.07) is 0.513. The normalized spacial score (nSPS) is 14.2. The van der Waals surface area contributed by atoms with E-state index in [1.165, 1.54) is 0 Å². The fourth-order valence-electron chi connectivity index (χ4n) is 1.81. The Morgan fingerprint density at radius 2 is 2.13 bits per heavy atom. The van der Waals surface area contributed by atoms with Crippen molar-refractivity contribution < 1.29 is 0 Å². The fraction of sp³-hybridized carbons (Fsp3) is 0.818. The predicted octanol–water partition coefficient (Wildman–Crippen LogP) is 1.38. The van der Waals surface area contributed by atoms with E-state index in [-0.39, 0.29) is 5.41 Å². The van der Waals surface area contributed by atoms with Crippen LogP contribution < -0.4 is 5.32 Å². The van der Waals surface area contributed by atoms with Crippen molar-refractivity contribution in [2.24, 2.45) is 12.5 Å². The lowest BCUT2D eigenvalue weighted by Gasteiger charge is -2.30. The van der Waals surface area contributed by atoms with Gasteiger partial charge in [0.1, 0.15) is 0 Å². The number of hydrogen-bond acceptors (Lipinski definition) is 3. The van der Waals surface area contributed by atoms with E-state index in [1.807, 2.05) is 20.3 Å². The third-order valence-electron chi connectivity index (χ3n) is 2.73. The molecule has 0 radical (unpaired) electrons. The highest BCUT2D eigenvalue weighted by atomic mass is 15.4. The highest BCUT2D eigenvalue weighted by Crippen LogP contribution is 2.22. The molecule has 1 N–H and O–H groups in total. The highest BCUT2D eigenvalue weighted by molar-refractivity contribution is 4.94. The van der Waals surface area contributed by atoms with Gasteiger partial charge in [-0.25, -0.2) is 0 Å².